The molecular formula is C20H21N3O3S2. The molecule has 0 saturated carbocycles. The van der Waals surface area contributed by atoms with Gasteiger partial charge in [0.2, 0.25) is 0 Å². The monoisotopic (exact) mass is 415 g/mol. The maximum absolute atomic E-state index is 12.6. The molecule has 0 spiro atoms. The second kappa shape index (κ2) is 8.12. The molecule has 1 aromatic heterocycles. The highest BCUT2D eigenvalue weighted by Gasteiger charge is 2.17. The van der Waals surface area contributed by atoms with Crippen molar-refractivity contribution in [2.45, 2.75) is 31.6 Å². The molecule has 1 amide bonds. The Balaban J connectivity index is 1.73. The number of hydrogen-bond acceptors (Lipinski definition) is 5. The molecule has 0 saturated heterocycles. The van der Waals surface area contributed by atoms with Crippen LogP contribution in [0.2, 0.25) is 0 Å². The molecule has 0 atom stereocenters. The first-order valence-electron chi connectivity index (χ1n) is 8.71. The Labute approximate surface area is 168 Å². The fraction of sp³-hybridized carbons (Fsp3) is 0.200. The number of benzene rings is 2. The van der Waals surface area contributed by atoms with Crippen LogP contribution in [0, 0.1) is 6.92 Å². The van der Waals surface area contributed by atoms with Crippen LogP contribution in [-0.2, 0) is 10.0 Å². The van der Waals surface area contributed by atoms with Gasteiger partial charge >= 0.3 is 0 Å². The Morgan fingerprint density at radius 2 is 1.75 bits per heavy atom. The molecule has 0 fully saturated rings. The van der Waals surface area contributed by atoms with Crippen molar-refractivity contribution >= 4 is 38.1 Å². The lowest BCUT2D eigenvalue weighted by atomic mass is 10.2. The largest absolute Gasteiger partial charge is 0.298 e. The zero-order valence-electron chi connectivity index (χ0n) is 15.8. The summed E-state index contributed by atoms with van der Waals surface area (Å²) < 4.78 is 27.7. The summed E-state index contributed by atoms with van der Waals surface area (Å²) in [6, 6.07) is 12.9. The standard InChI is InChI=1S/C20H21N3O3S2/c1-13(2)18-12-27-20(21-18)22-19(24)15-8-10-16(11-9-15)28(25,26)23-17-7-5-4-6-14(17)3/h4-13,23H,1-3H3,(H,21,22,24). The van der Waals surface area contributed by atoms with Crippen LogP contribution < -0.4 is 10.0 Å². The zero-order chi connectivity index (χ0) is 20.3. The van der Waals surface area contributed by atoms with Crippen molar-refractivity contribution in [1.29, 1.82) is 0 Å². The lowest BCUT2D eigenvalue weighted by Gasteiger charge is -2.10. The van der Waals surface area contributed by atoms with E-state index in [1.54, 1.807) is 12.1 Å². The summed E-state index contributed by atoms with van der Waals surface area (Å²) >= 11 is 1.36. The van der Waals surface area contributed by atoms with Crippen molar-refractivity contribution in [3.8, 4) is 0 Å². The number of sulfonamides is 1. The molecule has 2 N–H and O–H groups in total. The van der Waals surface area contributed by atoms with Crippen LogP contribution in [0.15, 0.2) is 58.8 Å². The van der Waals surface area contributed by atoms with E-state index in [0.717, 1.165) is 11.3 Å². The quantitative estimate of drug-likeness (QED) is 0.614. The normalized spacial score (nSPS) is 11.4. The number of hydrogen-bond donors (Lipinski definition) is 2. The minimum Gasteiger partial charge on any atom is -0.298 e. The zero-order valence-corrected chi connectivity index (χ0v) is 17.4. The van der Waals surface area contributed by atoms with Gasteiger partial charge in [0.1, 0.15) is 0 Å². The molecule has 1 heterocycles. The predicted octanol–water partition coefficient (Wildman–Crippen LogP) is 4.63. The first kappa shape index (κ1) is 20.0. The Hall–Kier alpha value is -2.71. The van der Waals surface area contributed by atoms with E-state index in [0.29, 0.717) is 16.4 Å². The van der Waals surface area contributed by atoms with E-state index in [-0.39, 0.29) is 16.7 Å². The number of rotatable bonds is 6. The Kier molecular flexibility index (Phi) is 5.81. The van der Waals surface area contributed by atoms with Gasteiger partial charge in [0.25, 0.3) is 15.9 Å². The maximum Gasteiger partial charge on any atom is 0.261 e. The van der Waals surface area contributed by atoms with Crippen LogP contribution in [0.3, 0.4) is 0 Å². The number of thiazole rings is 1. The fourth-order valence-electron chi connectivity index (χ4n) is 2.45. The number of carbonyl (C=O) groups excluding carboxylic acids is 1. The third kappa shape index (κ3) is 4.58. The molecule has 146 valence electrons. The van der Waals surface area contributed by atoms with Crippen LogP contribution >= 0.6 is 11.3 Å². The molecule has 0 aliphatic heterocycles. The molecule has 3 rings (SSSR count). The second-order valence-corrected chi connectivity index (χ2v) is 9.17. The number of para-hydroxylation sites is 1. The summed E-state index contributed by atoms with van der Waals surface area (Å²) in [5.41, 5.74) is 2.63. The third-order valence-corrected chi connectivity index (χ3v) is 6.31. The predicted molar refractivity (Wildman–Crippen MR) is 113 cm³/mol. The highest BCUT2D eigenvalue weighted by Crippen LogP contribution is 2.23. The van der Waals surface area contributed by atoms with Gasteiger partial charge in [-0.1, -0.05) is 32.0 Å². The minimum atomic E-state index is -3.74. The van der Waals surface area contributed by atoms with Gasteiger partial charge in [-0.05, 0) is 48.7 Å². The van der Waals surface area contributed by atoms with Crippen LogP contribution in [0.1, 0.15) is 41.4 Å². The number of nitrogens with zero attached hydrogens (tertiary/aromatic N) is 1. The SMILES string of the molecule is Cc1ccccc1NS(=O)(=O)c1ccc(C(=O)Nc2nc(C(C)C)cs2)cc1. The van der Waals surface area contributed by atoms with Crippen LogP contribution in [0.25, 0.3) is 0 Å². The van der Waals surface area contributed by atoms with Crippen molar-refractivity contribution in [3.05, 3.63) is 70.7 Å². The second-order valence-electron chi connectivity index (χ2n) is 6.63. The Morgan fingerprint density at radius 3 is 2.36 bits per heavy atom. The van der Waals surface area contributed by atoms with E-state index in [4.69, 9.17) is 0 Å². The van der Waals surface area contributed by atoms with Crippen LogP contribution in [0.4, 0.5) is 10.8 Å². The Bertz CT molecular complexity index is 1090. The topological polar surface area (TPSA) is 88.2 Å². The summed E-state index contributed by atoms with van der Waals surface area (Å²) in [5.74, 6) is -0.0485. The smallest absolute Gasteiger partial charge is 0.261 e. The highest BCUT2D eigenvalue weighted by molar-refractivity contribution is 7.92. The van der Waals surface area contributed by atoms with Crippen LogP contribution in [0.5, 0.6) is 0 Å². The lowest BCUT2D eigenvalue weighted by molar-refractivity contribution is 0.102. The lowest BCUT2D eigenvalue weighted by Crippen LogP contribution is -2.15. The van der Waals surface area contributed by atoms with Crippen molar-refractivity contribution < 1.29 is 13.2 Å². The van der Waals surface area contributed by atoms with E-state index < -0.39 is 10.0 Å². The molecule has 0 aliphatic rings. The van der Waals surface area contributed by atoms with Gasteiger partial charge in [0.05, 0.1) is 16.3 Å². The van der Waals surface area contributed by atoms with E-state index >= 15 is 0 Å². The van der Waals surface area contributed by atoms with Crippen LogP contribution in [-0.4, -0.2) is 19.3 Å². The van der Waals surface area contributed by atoms with E-state index in [2.05, 4.69) is 15.0 Å². The number of aromatic nitrogens is 1. The van der Waals surface area contributed by atoms with Gasteiger partial charge in [-0.3, -0.25) is 14.8 Å². The van der Waals surface area contributed by atoms with Gasteiger partial charge in [-0.25, -0.2) is 13.4 Å². The minimum absolute atomic E-state index is 0.0867. The summed E-state index contributed by atoms with van der Waals surface area (Å²) in [4.78, 5) is 16.8. The molecule has 8 heteroatoms. The fourth-order valence-corrected chi connectivity index (χ4v) is 4.45. The van der Waals surface area contributed by atoms with Gasteiger partial charge in [-0.2, -0.15) is 0 Å². The van der Waals surface area contributed by atoms with Crippen molar-refractivity contribution in [1.82, 2.24) is 4.98 Å². The maximum atomic E-state index is 12.6. The number of amides is 1. The first-order chi connectivity index (χ1) is 13.3. The van der Waals surface area contributed by atoms with Crippen molar-refractivity contribution in [2.24, 2.45) is 0 Å². The van der Waals surface area contributed by atoms with E-state index in [9.17, 15) is 13.2 Å². The van der Waals surface area contributed by atoms with Gasteiger partial charge < -0.3 is 0 Å². The molecule has 3 aromatic rings. The van der Waals surface area contributed by atoms with E-state index in [1.807, 2.05) is 38.3 Å². The van der Waals surface area contributed by atoms with Gasteiger partial charge in [0.15, 0.2) is 5.13 Å². The van der Waals surface area contributed by atoms with Gasteiger partial charge in [0, 0.05) is 10.9 Å². The number of nitrogens with one attached hydrogen (secondary N) is 2. The molecular weight excluding hydrogens is 394 g/mol. The average Bonchev–Trinajstić information content (AvgIpc) is 3.12. The number of anilines is 2. The first-order valence-corrected chi connectivity index (χ1v) is 11.1. The summed E-state index contributed by atoms with van der Waals surface area (Å²) in [6.45, 7) is 5.89. The molecule has 0 radical (unpaired) electrons. The highest BCUT2D eigenvalue weighted by atomic mass is 32.2. The summed E-state index contributed by atoms with van der Waals surface area (Å²) in [6.07, 6.45) is 0. The van der Waals surface area contributed by atoms with E-state index in [1.165, 1.54) is 35.6 Å². The number of aryl methyl sites for hydroxylation is 1. The number of carbonyl (C=O) groups is 1. The van der Waals surface area contributed by atoms with Crippen molar-refractivity contribution in [2.75, 3.05) is 10.0 Å². The average molecular weight is 416 g/mol. The summed E-state index contributed by atoms with van der Waals surface area (Å²) in [7, 11) is -3.74. The molecule has 6 nitrogen and oxygen atoms in total. The molecule has 28 heavy (non-hydrogen) atoms. The molecule has 0 aliphatic carbocycles. The summed E-state index contributed by atoms with van der Waals surface area (Å²) in [5, 5.41) is 5.17. The Morgan fingerprint density at radius 1 is 1.07 bits per heavy atom. The van der Waals surface area contributed by atoms with Crippen molar-refractivity contribution in [3.63, 3.8) is 0 Å². The molecule has 0 unspecified atom stereocenters. The van der Waals surface area contributed by atoms with Gasteiger partial charge in [-0.15, -0.1) is 11.3 Å². The third-order valence-electron chi connectivity index (χ3n) is 4.15. The molecule has 0 bridgehead atoms. The molecule has 2 aromatic carbocycles.